The molecule has 2 nitrogen and oxygen atoms in total. The summed E-state index contributed by atoms with van der Waals surface area (Å²) in [5.41, 5.74) is 2.54. The second-order valence-corrected chi connectivity index (χ2v) is 5.88. The van der Waals surface area contributed by atoms with E-state index in [2.05, 4.69) is 51.2 Å². The maximum absolute atomic E-state index is 5.48. The van der Waals surface area contributed by atoms with Crippen molar-refractivity contribution in [3.8, 4) is 5.75 Å². The minimum atomic E-state index is 0.325. The highest BCUT2D eigenvalue weighted by Gasteiger charge is 2.13. The first kappa shape index (κ1) is 17.0. The van der Waals surface area contributed by atoms with Gasteiger partial charge in [0.2, 0.25) is 0 Å². The lowest BCUT2D eigenvalue weighted by Crippen LogP contribution is -2.29. The Kier molecular flexibility index (Phi) is 7.68. The van der Waals surface area contributed by atoms with Crippen molar-refractivity contribution in [3.05, 3.63) is 29.3 Å². The van der Waals surface area contributed by atoms with Crippen molar-refractivity contribution in [3.63, 3.8) is 0 Å². The van der Waals surface area contributed by atoms with Gasteiger partial charge >= 0.3 is 0 Å². The lowest BCUT2D eigenvalue weighted by molar-refractivity contribution is 0.389. The second kappa shape index (κ2) is 9.02. The molecule has 1 aromatic rings. The summed E-state index contributed by atoms with van der Waals surface area (Å²) in [4.78, 5) is 0. The number of unbranched alkanes of at least 4 members (excludes halogenated alkanes) is 3. The number of ether oxygens (including phenoxy) is 1. The van der Waals surface area contributed by atoms with Crippen LogP contribution in [0.4, 0.5) is 0 Å². The summed E-state index contributed by atoms with van der Waals surface area (Å²) in [6, 6.07) is 7.26. The third kappa shape index (κ3) is 5.54. The van der Waals surface area contributed by atoms with Crippen LogP contribution < -0.4 is 10.1 Å². The largest absolute Gasteiger partial charge is 0.496 e. The van der Waals surface area contributed by atoms with E-state index in [-0.39, 0.29) is 0 Å². The Labute approximate surface area is 124 Å². The zero-order valence-electron chi connectivity index (χ0n) is 13.8. The maximum Gasteiger partial charge on any atom is 0.123 e. The van der Waals surface area contributed by atoms with E-state index < -0.39 is 0 Å². The minimum Gasteiger partial charge on any atom is -0.496 e. The van der Waals surface area contributed by atoms with Crippen molar-refractivity contribution < 1.29 is 4.74 Å². The predicted molar refractivity (Wildman–Crippen MR) is 87.5 cm³/mol. The first-order valence-electron chi connectivity index (χ1n) is 7.99. The number of rotatable bonds is 9. The first-order valence-corrected chi connectivity index (χ1v) is 7.99. The zero-order valence-corrected chi connectivity index (χ0v) is 13.8. The molecule has 0 aliphatic rings. The van der Waals surface area contributed by atoms with Crippen LogP contribution in [0.2, 0.25) is 0 Å². The molecule has 2 atom stereocenters. The van der Waals surface area contributed by atoms with Gasteiger partial charge in [-0.05, 0) is 33.3 Å². The SMILES string of the molecule is CCCCCCC(C)NC(C)c1cc(C)ccc1OC. The molecule has 1 aromatic carbocycles. The van der Waals surface area contributed by atoms with Crippen LogP contribution in [0.3, 0.4) is 0 Å². The molecule has 1 N–H and O–H groups in total. The van der Waals surface area contributed by atoms with E-state index in [1.807, 2.05) is 0 Å². The summed E-state index contributed by atoms with van der Waals surface area (Å²) in [5.74, 6) is 0.980. The van der Waals surface area contributed by atoms with E-state index in [9.17, 15) is 0 Å². The van der Waals surface area contributed by atoms with Gasteiger partial charge in [0.05, 0.1) is 7.11 Å². The van der Waals surface area contributed by atoms with Gasteiger partial charge in [-0.25, -0.2) is 0 Å². The molecule has 0 bridgehead atoms. The molecule has 0 saturated carbocycles. The average molecular weight is 277 g/mol. The Morgan fingerprint density at radius 3 is 2.55 bits per heavy atom. The van der Waals surface area contributed by atoms with Gasteiger partial charge in [0.1, 0.15) is 5.75 Å². The fourth-order valence-corrected chi connectivity index (χ4v) is 2.67. The molecule has 2 unspecified atom stereocenters. The van der Waals surface area contributed by atoms with Crippen molar-refractivity contribution in [1.82, 2.24) is 5.32 Å². The Balaban J connectivity index is 2.53. The van der Waals surface area contributed by atoms with Crippen molar-refractivity contribution in [2.45, 2.75) is 71.9 Å². The van der Waals surface area contributed by atoms with Crippen LogP contribution >= 0.6 is 0 Å². The Morgan fingerprint density at radius 2 is 1.90 bits per heavy atom. The molecule has 0 fully saturated rings. The highest BCUT2D eigenvalue weighted by atomic mass is 16.5. The molecule has 0 saturated heterocycles. The van der Waals surface area contributed by atoms with Crippen LogP contribution in [0, 0.1) is 6.92 Å². The van der Waals surface area contributed by atoms with Gasteiger partial charge in [-0.1, -0.05) is 50.3 Å². The molecule has 20 heavy (non-hydrogen) atoms. The lowest BCUT2D eigenvalue weighted by atomic mass is 10.0. The van der Waals surface area contributed by atoms with Crippen LogP contribution in [0.25, 0.3) is 0 Å². The summed E-state index contributed by atoms with van der Waals surface area (Å²) in [6.45, 7) is 8.89. The number of aryl methyl sites for hydroxylation is 1. The molecule has 2 heteroatoms. The third-order valence-electron chi connectivity index (χ3n) is 3.88. The Morgan fingerprint density at radius 1 is 1.15 bits per heavy atom. The monoisotopic (exact) mass is 277 g/mol. The minimum absolute atomic E-state index is 0.325. The molecular weight excluding hydrogens is 246 g/mol. The summed E-state index contributed by atoms with van der Waals surface area (Å²) >= 11 is 0. The van der Waals surface area contributed by atoms with Gasteiger partial charge in [0, 0.05) is 17.6 Å². The molecule has 0 heterocycles. The number of benzene rings is 1. The van der Waals surface area contributed by atoms with E-state index in [1.165, 1.54) is 43.2 Å². The number of nitrogens with one attached hydrogen (secondary N) is 1. The fraction of sp³-hybridized carbons (Fsp3) is 0.667. The van der Waals surface area contributed by atoms with Gasteiger partial charge in [-0.2, -0.15) is 0 Å². The van der Waals surface area contributed by atoms with E-state index in [1.54, 1.807) is 7.11 Å². The fourth-order valence-electron chi connectivity index (χ4n) is 2.67. The van der Waals surface area contributed by atoms with Crippen LogP contribution in [-0.2, 0) is 0 Å². The summed E-state index contributed by atoms with van der Waals surface area (Å²) in [6.07, 6.45) is 6.58. The smallest absolute Gasteiger partial charge is 0.123 e. The maximum atomic E-state index is 5.48. The molecule has 1 rings (SSSR count). The normalized spacial score (nSPS) is 14.1. The highest BCUT2D eigenvalue weighted by Crippen LogP contribution is 2.26. The van der Waals surface area contributed by atoms with Gasteiger partial charge in [-0.15, -0.1) is 0 Å². The van der Waals surface area contributed by atoms with Crippen molar-refractivity contribution in [2.75, 3.05) is 7.11 Å². The zero-order chi connectivity index (χ0) is 15.0. The number of hydrogen-bond donors (Lipinski definition) is 1. The van der Waals surface area contributed by atoms with Crippen molar-refractivity contribution >= 4 is 0 Å². The molecule has 114 valence electrons. The van der Waals surface area contributed by atoms with E-state index >= 15 is 0 Å². The summed E-state index contributed by atoms with van der Waals surface area (Å²) < 4.78 is 5.48. The molecule has 0 amide bonds. The van der Waals surface area contributed by atoms with Gasteiger partial charge < -0.3 is 10.1 Å². The van der Waals surface area contributed by atoms with Gasteiger partial charge in [0.15, 0.2) is 0 Å². The van der Waals surface area contributed by atoms with Crippen LogP contribution in [0.15, 0.2) is 18.2 Å². The van der Waals surface area contributed by atoms with E-state index in [4.69, 9.17) is 4.74 Å². The van der Waals surface area contributed by atoms with Crippen molar-refractivity contribution in [1.29, 1.82) is 0 Å². The molecule has 0 aromatic heterocycles. The van der Waals surface area contributed by atoms with E-state index in [0.717, 1.165) is 5.75 Å². The Bertz CT molecular complexity index is 389. The Hall–Kier alpha value is -1.02. The first-order chi connectivity index (χ1) is 9.58. The number of methoxy groups -OCH3 is 1. The summed E-state index contributed by atoms with van der Waals surface area (Å²) in [7, 11) is 1.75. The lowest BCUT2D eigenvalue weighted by Gasteiger charge is -2.22. The molecule has 0 aliphatic carbocycles. The van der Waals surface area contributed by atoms with Crippen molar-refractivity contribution in [2.24, 2.45) is 0 Å². The molecule has 0 radical (unpaired) electrons. The third-order valence-corrected chi connectivity index (χ3v) is 3.88. The number of hydrogen-bond acceptors (Lipinski definition) is 2. The average Bonchev–Trinajstić information content (AvgIpc) is 2.43. The highest BCUT2D eigenvalue weighted by molar-refractivity contribution is 5.38. The molecule has 0 aliphatic heterocycles. The molecule has 0 spiro atoms. The second-order valence-electron chi connectivity index (χ2n) is 5.88. The van der Waals surface area contributed by atoms with Crippen LogP contribution in [0.5, 0.6) is 5.75 Å². The van der Waals surface area contributed by atoms with Crippen LogP contribution in [0.1, 0.15) is 70.0 Å². The quantitative estimate of drug-likeness (QED) is 0.640. The topological polar surface area (TPSA) is 21.3 Å². The molecular formula is C18H31NO. The van der Waals surface area contributed by atoms with E-state index in [0.29, 0.717) is 12.1 Å². The predicted octanol–water partition coefficient (Wildman–Crippen LogP) is 5.01. The summed E-state index contributed by atoms with van der Waals surface area (Å²) in [5, 5.41) is 3.69. The standard InChI is InChI=1S/C18H31NO/c1-6-7-8-9-10-15(3)19-16(4)17-13-14(2)11-12-18(17)20-5/h11-13,15-16,19H,6-10H2,1-5H3. The van der Waals surface area contributed by atoms with Gasteiger partial charge in [-0.3, -0.25) is 0 Å². The van der Waals surface area contributed by atoms with Gasteiger partial charge in [0.25, 0.3) is 0 Å². The van der Waals surface area contributed by atoms with Crippen LogP contribution in [-0.4, -0.2) is 13.2 Å².